The van der Waals surface area contributed by atoms with Crippen molar-refractivity contribution in [3.63, 3.8) is 0 Å². The van der Waals surface area contributed by atoms with E-state index in [9.17, 15) is 27.6 Å². The molecule has 3 aliphatic heterocycles. The van der Waals surface area contributed by atoms with Crippen molar-refractivity contribution in [2.75, 3.05) is 32.8 Å². The second-order valence-electron chi connectivity index (χ2n) is 12.8. The normalized spacial score (nSPS) is 32.3. The lowest BCUT2D eigenvalue weighted by Crippen LogP contribution is -2.59. The number of nitrogens with zero attached hydrogens (tertiary/aromatic N) is 2. The van der Waals surface area contributed by atoms with Crippen molar-refractivity contribution in [3.05, 3.63) is 12.2 Å². The summed E-state index contributed by atoms with van der Waals surface area (Å²) >= 11 is 0. The van der Waals surface area contributed by atoms with Crippen LogP contribution in [0.4, 0.5) is 4.79 Å². The standard InChI is InChI=1S/C28H45N5O8S/c1-19-16-22-23(34)30-28(25(36)31-42(38,39)32-12-14-40-15-13-32)17-20(28)10-8-6-5-7-9-11-21(24(35)33(22)18-19)29-26(37)41-27(2,3)4/h8,10,19-22H,5-7,9,11-18H2,1-4H3,(H,29,37)(H,30,34)(H,31,36)/b10-8-/t19-,20-,21+,22+,28-/m1/s1. The lowest BCUT2D eigenvalue weighted by atomic mass is 10.0. The summed E-state index contributed by atoms with van der Waals surface area (Å²) in [4.78, 5) is 55.2. The topological polar surface area (TPSA) is 163 Å². The minimum Gasteiger partial charge on any atom is -0.444 e. The number of amides is 4. The van der Waals surface area contributed by atoms with Crippen LogP contribution < -0.4 is 15.4 Å². The van der Waals surface area contributed by atoms with Crippen LogP contribution in [0, 0.1) is 11.8 Å². The summed E-state index contributed by atoms with van der Waals surface area (Å²) in [5.74, 6) is -2.06. The molecule has 1 saturated carbocycles. The van der Waals surface area contributed by atoms with Crippen molar-refractivity contribution in [3.8, 4) is 0 Å². The summed E-state index contributed by atoms with van der Waals surface area (Å²) in [6.07, 6.45) is 7.20. The molecule has 4 amide bonds. The molecule has 3 heterocycles. The van der Waals surface area contributed by atoms with Gasteiger partial charge in [-0.25, -0.2) is 9.52 Å². The maximum Gasteiger partial charge on any atom is 0.408 e. The molecule has 14 heteroatoms. The molecule has 0 radical (unpaired) electrons. The molecule has 4 aliphatic rings. The highest BCUT2D eigenvalue weighted by Crippen LogP contribution is 2.45. The average Bonchev–Trinajstić information content (AvgIpc) is 3.46. The van der Waals surface area contributed by atoms with Crippen LogP contribution in [0.1, 0.15) is 72.6 Å². The minimum atomic E-state index is -4.13. The molecule has 0 aromatic carbocycles. The van der Waals surface area contributed by atoms with E-state index < -0.39 is 51.3 Å². The number of fused-ring (bicyclic) bond motifs is 2. The van der Waals surface area contributed by atoms with Crippen LogP contribution in [0.25, 0.3) is 0 Å². The second kappa shape index (κ2) is 12.9. The molecule has 3 fully saturated rings. The highest BCUT2D eigenvalue weighted by Gasteiger charge is 2.61. The van der Waals surface area contributed by atoms with Gasteiger partial charge in [-0.1, -0.05) is 31.9 Å². The van der Waals surface area contributed by atoms with Gasteiger partial charge < -0.3 is 25.0 Å². The molecule has 0 aromatic heterocycles. The summed E-state index contributed by atoms with van der Waals surface area (Å²) in [6.45, 7) is 8.19. The molecule has 1 aliphatic carbocycles. The Kier molecular flexibility index (Phi) is 9.88. The van der Waals surface area contributed by atoms with Crippen LogP contribution in [-0.4, -0.2) is 97.5 Å². The zero-order valence-electron chi connectivity index (χ0n) is 25.0. The summed E-state index contributed by atoms with van der Waals surface area (Å²) in [5, 5.41) is 5.56. The Labute approximate surface area is 248 Å². The number of allylic oxidation sites excluding steroid dienone is 1. The lowest BCUT2D eigenvalue weighted by molar-refractivity contribution is -0.141. The Morgan fingerprint density at radius 3 is 2.55 bits per heavy atom. The Bertz CT molecular complexity index is 1180. The first-order valence-electron chi connectivity index (χ1n) is 14.9. The summed E-state index contributed by atoms with van der Waals surface area (Å²) in [7, 11) is -4.13. The number of hydrogen-bond acceptors (Lipinski definition) is 8. The van der Waals surface area contributed by atoms with Crippen LogP contribution in [0.15, 0.2) is 12.2 Å². The number of rotatable bonds is 4. The van der Waals surface area contributed by atoms with Crippen molar-refractivity contribution in [1.82, 2.24) is 24.6 Å². The van der Waals surface area contributed by atoms with Gasteiger partial charge in [0, 0.05) is 25.6 Å². The molecule has 4 rings (SSSR count). The quantitative estimate of drug-likeness (QED) is 0.400. The second-order valence-corrected chi connectivity index (χ2v) is 14.5. The average molecular weight is 612 g/mol. The molecule has 3 N–H and O–H groups in total. The van der Waals surface area contributed by atoms with Gasteiger partial charge in [-0.2, -0.15) is 12.7 Å². The van der Waals surface area contributed by atoms with Gasteiger partial charge in [-0.05, 0) is 58.8 Å². The maximum absolute atomic E-state index is 13.8. The molecule has 5 atom stereocenters. The predicted molar refractivity (Wildman–Crippen MR) is 153 cm³/mol. The molecule has 0 bridgehead atoms. The van der Waals surface area contributed by atoms with E-state index in [2.05, 4.69) is 15.4 Å². The van der Waals surface area contributed by atoms with Crippen LogP contribution in [0.3, 0.4) is 0 Å². The molecular weight excluding hydrogens is 566 g/mol. The highest BCUT2D eigenvalue weighted by atomic mass is 32.2. The molecular formula is C28H45N5O8S. The summed E-state index contributed by atoms with van der Waals surface area (Å²) in [5.41, 5.74) is -2.18. The van der Waals surface area contributed by atoms with Gasteiger partial charge in [0.25, 0.3) is 5.91 Å². The molecule has 42 heavy (non-hydrogen) atoms. The van der Waals surface area contributed by atoms with Gasteiger partial charge >= 0.3 is 16.3 Å². The first-order chi connectivity index (χ1) is 19.7. The van der Waals surface area contributed by atoms with E-state index in [4.69, 9.17) is 9.47 Å². The van der Waals surface area contributed by atoms with Crippen LogP contribution >= 0.6 is 0 Å². The van der Waals surface area contributed by atoms with Gasteiger partial charge in [0.15, 0.2) is 0 Å². The van der Waals surface area contributed by atoms with E-state index in [1.54, 1.807) is 20.8 Å². The van der Waals surface area contributed by atoms with E-state index >= 15 is 0 Å². The summed E-state index contributed by atoms with van der Waals surface area (Å²) < 4.78 is 39.9. The van der Waals surface area contributed by atoms with E-state index in [0.717, 1.165) is 23.6 Å². The fraction of sp³-hybridized carbons (Fsp3) is 0.786. The number of nitrogens with one attached hydrogen (secondary N) is 3. The molecule has 0 spiro atoms. The number of carbonyl (C=O) groups is 4. The van der Waals surface area contributed by atoms with Crippen LogP contribution in [0.5, 0.6) is 0 Å². The molecule has 236 valence electrons. The third-order valence-corrected chi connectivity index (χ3v) is 9.60. The zero-order chi connectivity index (χ0) is 30.7. The molecule has 0 aromatic rings. The molecule has 2 saturated heterocycles. The van der Waals surface area contributed by atoms with Crippen molar-refractivity contribution >= 4 is 34.0 Å². The fourth-order valence-corrected chi connectivity index (χ4v) is 7.01. The van der Waals surface area contributed by atoms with Gasteiger partial charge in [0.1, 0.15) is 23.2 Å². The number of ether oxygens (including phenoxy) is 2. The number of carbonyl (C=O) groups excluding carboxylic acids is 4. The highest BCUT2D eigenvalue weighted by molar-refractivity contribution is 7.87. The van der Waals surface area contributed by atoms with Crippen molar-refractivity contribution in [2.45, 2.75) is 95.9 Å². The fourth-order valence-electron chi connectivity index (χ4n) is 5.84. The number of alkyl carbamates (subject to hydrolysis) is 1. The molecule has 0 unspecified atom stereocenters. The third-order valence-electron chi connectivity index (χ3n) is 8.11. The predicted octanol–water partition coefficient (Wildman–Crippen LogP) is 1.21. The minimum absolute atomic E-state index is 0.00660. The SMILES string of the molecule is C[C@@H]1C[C@H]2C(=O)N[C@]3(C(=O)NS(=O)(=O)N4CCOCC4)C[C@H]3/C=C\CCCCC[C@H](NC(=O)OC(C)(C)C)C(=O)N2C1. The van der Waals surface area contributed by atoms with Gasteiger partial charge in [0.2, 0.25) is 11.8 Å². The lowest BCUT2D eigenvalue weighted by Gasteiger charge is -2.31. The van der Waals surface area contributed by atoms with Crippen LogP contribution in [0.2, 0.25) is 0 Å². The van der Waals surface area contributed by atoms with Crippen LogP contribution in [-0.2, 0) is 34.1 Å². The first kappa shape index (κ1) is 32.2. The first-order valence-corrected chi connectivity index (χ1v) is 16.3. The third kappa shape index (κ3) is 7.81. The van der Waals surface area contributed by atoms with Gasteiger partial charge in [-0.15, -0.1) is 0 Å². The molecule has 13 nitrogen and oxygen atoms in total. The monoisotopic (exact) mass is 611 g/mol. The number of hydrogen-bond donors (Lipinski definition) is 3. The van der Waals surface area contributed by atoms with Gasteiger partial charge in [0.05, 0.1) is 13.2 Å². The summed E-state index contributed by atoms with van der Waals surface area (Å²) in [6, 6.07) is -1.74. The Hall–Kier alpha value is -2.71. The van der Waals surface area contributed by atoms with E-state index in [0.29, 0.717) is 25.8 Å². The van der Waals surface area contributed by atoms with Crippen molar-refractivity contribution in [1.29, 1.82) is 0 Å². The zero-order valence-corrected chi connectivity index (χ0v) is 25.8. The van der Waals surface area contributed by atoms with Crippen molar-refractivity contribution in [2.24, 2.45) is 11.8 Å². The number of morpholine rings is 1. The van der Waals surface area contributed by atoms with Crippen molar-refractivity contribution < 1.29 is 37.1 Å². The largest absolute Gasteiger partial charge is 0.444 e. The van der Waals surface area contributed by atoms with E-state index in [-0.39, 0.29) is 50.5 Å². The van der Waals surface area contributed by atoms with Gasteiger partial charge in [-0.3, -0.25) is 14.4 Å². The smallest absolute Gasteiger partial charge is 0.408 e. The van der Waals surface area contributed by atoms with E-state index in [1.807, 2.05) is 19.1 Å². The Morgan fingerprint density at radius 2 is 1.86 bits per heavy atom. The maximum atomic E-state index is 13.8. The Balaban J connectivity index is 1.56. The van der Waals surface area contributed by atoms with E-state index in [1.165, 1.54) is 4.90 Å². The Morgan fingerprint density at radius 1 is 1.14 bits per heavy atom.